The Morgan fingerprint density at radius 1 is 1.43 bits per heavy atom. The fourth-order valence-electron chi connectivity index (χ4n) is 2.69. The predicted molar refractivity (Wildman–Crippen MR) is 80.9 cm³/mol. The molecule has 1 amide bonds. The number of halogens is 1. The van der Waals surface area contributed by atoms with Crippen LogP contribution in [0.3, 0.4) is 0 Å². The summed E-state index contributed by atoms with van der Waals surface area (Å²) in [5.74, 6) is 0. The maximum atomic E-state index is 11.4. The summed E-state index contributed by atoms with van der Waals surface area (Å²) in [6.07, 6.45) is -0.181. The Morgan fingerprint density at radius 2 is 2.10 bits per heavy atom. The van der Waals surface area contributed by atoms with E-state index in [-0.39, 0.29) is 6.42 Å². The second kappa shape index (κ2) is 6.32. The van der Waals surface area contributed by atoms with Gasteiger partial charge in [-0.05, 0) is 31.3 Å². The van der Waals surface area contributed by atoms with Gasteiger partial charge in [0, 0.05) is 30.2 Å². The van der Waals surface area contributed by atoms with Crippen molar-refractivity contribution in [3.05, 3.63) is 29.3 Å². The lowest BCUT2D eigenvalue weighted by Gasteiger charge is -2.49. The first kappa shape index (κ1) is 15.6. The maximum Gasteiger partial charge on any atom is 0.408 e. The number of rotatable bonds is 4. The van der Waals surface area contributed by atoms with E-state index in [1.165, 1.54) is 4.90 Å². The number of nitrogens with zero attached hydrogens (tertiary/aromatic N) is 2. The van der Waals surface area contributed by atoms with Gasteiger partial charge in [-0.1, -0.05) is 11.6 Å². The van der Waals surface area contributed by atoms with Crippen molar-refractivity contribution in [2.24, 2.45) is 0 Å². The van der Waals surface area contributed by atoms with Crippen LogP contribution in [0.25, 0.3) is 0 Å². The molecule has 1 saturated heterocycles. The lowest BCUT2D eigenvalue weighted by Crippen LogP contribution is -2.69. The molecule has 0 saturated carbocycles. The first-order valence-corrected chi connectivity index (χ1v) is 7.04. The summed E-state index contributed by atoms with van der Waals surface area (Å²) < 4.78 is 0. The Balaban J connectivity index is 2.28. The number of likely N-dealkylation sites (N-methyl/N-ethyl adjacent to an activating group) is 1. The van der Waals surface area contributed by atoms with Crippen LogP contribution in [0.5, 0.6) is 0 Å². The summed E-state index contributed by atoms with van der Waals surface area (Å²) in [6.45, 7) is 1.29. The van der Waals surface area contributed by atoms with Crippen molar-refractivity contribution in [2.75, 3.05) is 31.6 Å². The van der Waals surface area contributed by atoms with E-state index >= 15 is 0 Å². The molecule has 6 nitrogen and oxygen atoms in total. The minimum Gasteiger partial charge on any atom is -0.465 e. The van der Waals surface area contributed by atoms with Crippen molar-refractivity contribution in [1.82, 2.24) is 10.2 Å². The highest BCUT2D eigenvalue weighted by molar-refractivity contribution is 6.30. The van der Waals surface area contributed by atoms with Crippen LogP contribution >= 0.6 is 11.6 Å². The molecule has 2 N–H and O–H groups in total. The van der Waals surface area contributed by atoms with Crippen molar-refractivity contribution in [2.45, 2.75) is 12.1 Å². The highest BCUT2D eigenvalue weighted by Crippen LogP contribution is 2.27. The van der Waals surface area contributed by atoms with E-state index in [9.17, 15) is 14.7 Å². The van der Waals surface area contributed by atoms with E-state index in [2.05, 4.69) is 10.2 Å². The number of hydrogen-bond donors (Lipinski definition) is 2. The number of carboxylic acid groups (broad SMARTS) is 1. The zero-order chi connectivity index (χ0) is 15.5. The molecule has 0 radical (unpaired) electrons. The molecule has 1 aliphatic heterocycles. The van der Waals surface area contributed by atoms with Gasteiger partial charge in [-0.2, -0.15) is 0 Å². The minimum absolute atomic E-state index is 0.0971. The monoisotopic (exact) mass is 311 g/mol. The van der Waals surface area contributed by atoms with Crippen LogP contribution in [0.2, 0.25) is 5.02 Å². The van der Waals surface area contributed by atoms with Crippen molar-refractivity contribution in [3.63, 3.8) is 0 Å². The molecule has 1 heterocycles. The summed E-state index contributed by atoms with van der Waals surface area (Å²) in [7, 11) is 1.67. The molecule has 0 aromatic heterocycles. The maximum absolute atomic E-state index is 11.4. The van der Waals surface area contributed by atoms with Crippen LogP contribution in [0, 0.1) is 0 Å². The Hall–Kier alpha value is -1.79. The molecule has 1 aromatic rings. The van der Waals surface area contributed by atoms with Crippen molar-refractivity contribution in [1.29, 1.82) is 0 Å². The van der Waals surface area contributed by atoms with Gasteiger partial charge in [0.2, 0.25) is 0 Å². The number of aldehydes is 1. The van der Waals surface area contributed by atoms with Crippen LogP contribution in [-0.4, -0.2) is 54.7 Å². The number of piperazine rings is 1. The normalized spacial score (nSPS) is 22.2. The Labute approximate surface area is 128 Å². The Bertz CT molecular complexity index is 523. The third kappa shape index (κ3) is 3.11. The molecule has 1 unspecified atom stereocenters. The van der Waals surface area contributed by atoms with E-state index in [1.54, 1.807) is 19.2 Å². The SMILES string of the molecule is CNC1(CC=O)CN(c2ccc(Cl)cc2)CCN1C(=O)O. The van der Waals surface area contributed by atoms with Gasteiger partial charge in [-0.3, -0.25) is 10.2 Å². The van der Waals surface area contributed by atoms with E-state index < -0.39 is 11.8 Å². The highest BCUT2D eigenvalue weighted by Gasteiger charge is 2.43. The van der Waals surface area contributed by atoms with E-state index in [0.29, 0.717) is 24.7 Å². The second-order valence-electron chi connectivity index (χ2n) is 4.98. The Kier molecular flexibility index (Phi) is 4.69. The Morgan fingerprint density at radius 3 is 2.62 bits per heavy atom. The number of nitrogens with one attached hydrogen (secondary N) is 1. The number of carbonyl (C=O) groups is 2. The molecular formula is C14H18ClN3O3. The quantitative estimate of drug-likeness (QED) is 0.827. The summed E-state index contributed by atoms with van der Waals surface area (Å²) in [6, 6.07) is 7.36. The molecule has 1 atom stereocenters. The third-order valence-corrected chi connectivity index (χ3v) is 4.12. The number of carbonyl (C=O) groups excluding carboxylic acids is 1. The van der Waals surface area contributed by atoms with Crippen molar-refractivity contribution in [3.8, 4) is 0 Å². The van der Waals surface area contributed by atoms with E-state index in [1.807, 2.05) is 12.1 Å². The molecule has 0 spiro atoms. The molecular weight excluding hydrogens is 294 g/mol. The first-order valence-electron chi connectivity index (χ1n) is 6.66. The third-order valence-electron chi connectivity index (χ3n) is 3.87. The van der Waals surface area contributed by atoms with Gasteiger partial charge in [0.15, 0.2) is 0 Å². The summed E-state index contributed by atoms with van der Waals surface area (Å²) >= 11 is 5.89. The predicted octanol–water partition coefficient (Wildman–Crippen LogP) is 1.64. The molecule has 114 valence electrons. The molecule has 1 aliphatic rings. The van der Waals surface area contributed by atoms with Crippen molar-refractivity contribution < 1.29 is 14.7 Å². The smallest absolute Gasteiger partial charge is 0.408 e. The van der Waals surface area contributed by atoms with Gasteiger partial charge in [0.25, 0.3) is 0 Å². The fraction of sp³-hybridized carbons (Fsp3) is 0.429. The largest absolute Gasteiger partial charge is 0.465 e. The molecule has 1 fully saturated rings. The molecule has 0 aliphatic carbocycles. The summed E-state index contributed by atoms with van der Waals surface area (Å²) in [4.78, 5) is 25.8. The highest BCUT2D eigenvalue weighted by atomic mass is 35.5. The molecule has 1 aromatic carbocycles. The summed E-state index contributed by atoms with van der Waals surface area (Å²) in [5.41, 5.74) is 0.0424. The van der Waals surface area contributed by atoms with Crippen LogP contribution < -0.4 is 10.2 Å². The van der Waals surface area contributed by atoms with Crippen LogP contribution in [0.4, 0.5) is 10.5 Å². The van der Waals surface area contributed by atoms with Crippen LogP contribution in [0.1, 0.15) is 6.42 Å². The van der Waals surface area contributed by atoms with Gasteiger partial charge in [-0.15, -0.1) is 0 Å². The standard InChI is InChI=1S/C14H18ClN3O3/c1-16-14(6-9-19)10-17(7-8-18(14)13(20)21)12-4-2-11(15)3-5-12/h2-5,9,16H,6-8,10H2,1H3,(H,20,21). The van der Waals surface area contributed by atoms with Crippen LogP contribution in [0.15, 0.2) is 24.3 Å². The first-order chi connectivity index (χ1) is 10.0. The van der Waals surface area contributed by atoms with Gasteiger partial charge in [0.05, 0.1) is 6.54 Å². The van der Waals surface area contributed by atoms with Crippen LogP contribution in [-0.2, 0) is 4.79 Å². The lowest BCUT2D eigenvalue weighted by atomic mass is 10.0. The van der Waals surface area contributed by atoms with E-state index in [4.69, 9.17) is 11.6 Å². The van der Waals surface area contributed by atoms with Gasteiger partial charge >= 0.3 is 6.09 Å². The minimum atomic E-state index is -1.03. The zero-order valence-corrected chi connectivity index (χ0v) is 12.5. The molecule has 21 heavy (non-hydrogen) atoms. The fourth-order valence-corrected chi connectivity index (χ4v) is 2.82. The number of hydrogen-bond acceptors (Lipinski definition) is 4. The topological polar surface area (TPSA) is 72.9 Å². The average Bonchev–Trinajstić information content (AvgIpc) is 2.48. The second-order valence-corrected chi connectivity index (χ2v) is 5.42. The molecule has 0 bridgehead atoms. The number of anilines is 1. The zero-order valence-electron chi connectivity index (χ0n) is 11.8. The average molecular weight is 312 g/mol. The number of amides is 1. The summed E-state index contributed by atoms with van der Waals surface area (Å²) in [5, 5.41) is 13.0. The molecule has 7 heteroatoms. The lowest BCUT2D eigenvalue weighted by molar-refractivity contribution is -0.110. The van der Waals surface area contributed by atoms with Gasteiger partial charge in [-0.25, -0.2) is 4.79 Å². The van der Waals surface area contributed by atoms with Crippen molar-refractivity contribution >= 4 is 29.7 Å². The number of benzene rings is 1. The molecule has 2 rings (SSSR count). The van der Waals surface area contributed by atoms with Gasteiger partial charge < -0.3 is 14.8 Å². The van der Waals surface area contributed by atoms with Gasteiger partial charge in [0.1, 0.15) is 11.9 Å². The van der Waals surface area contributed by atoms with E-state index in [0.717, 1.165) is 12.0 Å².